The molecule has 0 bridgehead atoms. The minimum absolute atomic E-state index is 0.355. The number of nitrogens with one attached hydrogen (secondary N) is 3. The van der Waals surface area contributed by atoms with Crippen molar-refractivity contribution in [1.29, 1.82) is 5.41 Å². The maximum Gasteiger partial charge on any atom is 0.188 e. The van der Waals surface area contributed by atoms with Crippen LogP contribution in [-0.4, -0.2) is 19.6 Å². The lowest BCUT2D eigenvalue weighted by Gasteiger charge is -2.02. The SMILES string of the molecule is [CH2]CCNC(=N)NC. The highest BCUT2D eigenvalue weighted by atomic mass is 15.1. The molecular formula is C5H12N3. The minimum Gasteiger partial charge on any atom is -0.360 e. The average molecular weight is 114 g/mol. The number of rotatable bonds is 2. The fourth-order valence-corrected chi connectivity index (χ4v) is 0.302. The quantitative estimate of drug-likeness (QED) is 0.348. The Hall–Kier alpha value is -0.730. The molecule has 0 aromatic carbocycles. The van der Waals surface area contributed by atoms with Gasteiger partial charge in [-0.1, -0.05) is 6.92 Å². The molecule has 0 saturated carbocycles. The zero-order chi connectivity index (χ0) is 6.41. The summed E-state index contributed by atoms with van der Waals surface area (Å²) in [6.45, 7) is 4.37. The van der Waals surface area contributed by atoms with Gasteiger partial charge in [-0.25, -0.2) is 0 Å². The van der Waals surface area contributed by atoms with E-state index in [1.165, 1.54) is 0 Å². The summed E-state index contributed by atoms with van der Waals surface area (Å²) in [5, 5.41) is 12.4. The van der Waals surface area contributed by atoms with Crippen molar-refractivity contribution in [2.24, 2.45) is 0 Å². The summed E-state index contributed by atoms with van der Waals surface area (Å²) in [6.07, 6.45) is 0.810. The third kappa shape index (κ3) is 3.46. The first kappa shape index (κ1) is 7.27. The first-order valence-electron chi connectivity index (χ1n) is 2.60. The van der Waals surface area contributed by atoms with Gasteiger partial charge in [-0.2, -0.15) is 0 Å². The lowest BCUT2D eigenvalue weighted by molar-refractivity contribution is 0.845. The lowest BCUT2D eigenvalue weighted by atomic mass is 10.5. The van der Waals surface area contributed by atoms with E-state index in [4.69, 9.17) is 5.41 Å². The van der Waals surface area contributed by atoms with E-state index in [1.807, 2.05) is 0 Å². The molecule has 0 aliphatic rings. The molecule has 0 aliphatic carbocycles. The highest BCUT2D eigenvalue weighted by molar-refractivity contribution is 5.75. The van der Waals surface area contributed by atoms with Crippen LogP contribution in [-0.2, 0) is 0 Å². The summed E-state index contributed by atoms with van der Waals surface area (Å²) in [5.41, 5.74) is 0. The summed E-state index contributed by atoms with van der Waals surface area (Å²) in [6, 6.07) is 0. The highest BCUT2D eigenvalue weighted by Crippen LogP contribution is 1.65. The van der Waals surface area contributed by atoms with Crippen LogP contribution in [0.15, 0.2) is 0 Å². The van der Waals surface area contributed by atoms with Gasteiger partial charge in [0.1, 0.15) is 0 Å². The van der Waals surface area contributed by atoms with Crippen molar-refractivity contribution in [3.05, 3.63) is 6.92 Å². The molecule has 0 fully saturated rings. The first-order chi connectivity index (χ1) is 3.81. The van der Waals surface area contributed by atoms with Crippen LogP contribution in [0.25, 0.3) is 0 Å². The molecule has 0 rings (SSSR count). The fraction of sp³-hybridized carbons (Fsp3) is 0.600. The Kier molecular flexibility index (Phi) is 4.03. The van der Waals surface area contributed by atoms with Crippen molar-refractivity contribution < 1.29 is 0 Å². The summed E-state index contributed by atoms with van der Waals surface area (Å²) in [4.78, 5) is 0. The Labute approximate surface area is 50.0 Å². The molecule has 0 aromatic rings. The molecule has 0 amide bonds. The van der Waals surface area contributed by atoms with E-state index in [0.29, 0.717) is 5.96 Å². The molecule has 3 N–H and O–H groups in total. The molecule has 0 atom stereocenters. The third-order valence-electron chi connectivity index (χ3n) is 0.729. The largest absolute Gasteiger partial charge is 0.360 e. The van der Waals surface area contributed by atoms with Crippen molar-refractivity contribution >= 4 is 5.96 Å². The van der Waals surface area contributed by atoms with Crippen LogP contribution in [0.2, 0.25) is 0 Å². The second-order valence-corrected chi connectivity index (χ2v) is 1.41. The van der Waals surface area contributed by atoms with Crippen LogP contribution in [0.1, 0.15) is 6.42 Å². The molecule has 0 saturated heterocycles. The maximum atomic E-state index is 6.99. The summed E-state index contributed by atoms with van der Waals surface area (Å²) < 4.78 is 0. The average Bonchev–Trinajstić information content (AvgIpc) is 1.83. The number of hydrogen-bond acceptors (Lipinski definition) is 1. The minimum atomic E-state index is 0.355. The van der Waals surface area contributed by atoms with Crippen molar-refractivity contribution in [2.45, 2.75) is 6.42 Å². The standard InChI is InChI=1S/C5H12N3/c1-3-4-8-5(6)7-2/h1,3-4H2,2H3,(H3,6,7,8). The Morgan fingerprint density at radius 1 is 1.75 bits per heavy atom. The molecular weight excluding hydrogens is 102 g/mol. The molecule has 3 nitrogen and oxygen atoms in total. The van der Waals surface area contributed by atoms with Gasteiger partial charge in [0.2, 0.25) is 0 Å². The van der Waals surface area contributed by atoms with Gasteiger partial charge in [-0.15, -0.1) is 0 Å². The topological polar surface area (TPSA) is 47.9 Å². The Morgan fingerprint density at radius 3 is 2.75 bits per heavy atom. The van der Waals surface area contributed by atoms with Crippen LogP contribution in [0.5, 0.6) is 0 Å². The summed E-state index contributed by atoms with van der Waals surface area (Å²) in [5.74, 6) is 0.355. The van der Waals surface area contributed by atoms with Crippen molar-refractivity contribution in [3.8, 4) is 0 Å². The predicted molar refractivity (Wildman–Crippen MR) is 34.8 cm³/mol. The second-order valence-electron chi connectivity index (χ2n) is 1.41. The van der Waals surface area contributed by atoms with Crippen molar-refractivity contribution in [2.75, 3.05) is 13.6 Å². The Bertz CT molecular complexity index is 70.1. The predicted octanol–water partition coefficient (Wildman–Crippen LogP) is -0.0456. The number of guanidine groups is 1. The molecule has 0 spiro atoms. The second kappa shape index (κ2) is 4.43. The monoisotopic (exact) mass is 114 g/mol. The van der Waals surface area contributed by atoms with Gasteiger partial charge in [0.05, 0.1) is 0 Å². The highest BCUT2D eigenvalue weighted by Gasteiger charge is 1.84. The van der Waals surface area contributed by atoms with Gasteiger partial charge in [-0.05, 0) is 6.42 Å². The van der Waals surface area contributed by atoms with Crippen LogP contribution >= 0.6 is 0 Å². The van der Waals surface area contributed by atoms with Gasteiger partial charge >= 0.3 is 0 Å². The molecule has 1 radical (unpaired) electrons. The Balaban J connectivity index is 2.99. The fourth-order valence-electron chi connectivity index (χ4n) is 0.302. The zero-order valence-corrected chi connectivity index (χ0v) is 5.12. The number of hydrogen-bond donors (Lipinski definition) is 3. The van der Waals surface area contributed by atoms with Gasteiger partial charge in [-0.3, -0.25) is 5.41 Å². The molecule has 0 aliphatic heterocycles. The van der Waals surface area contributed by atoms with E-state index >= 15 is 0 Å². The lowest BCUT2D eigenvalue weighted by Crippen LogP contribution is -2.33. The van der Waals surface area contributed by atoms with Gasteiger partial charge in [0.25, 0.3) is 0 Å². The smallest absolute Gasteiger partial charge is 0.188 e. The van der Waals surface area contributed by atoms with E-state index in [-0.39, 0.29) is 0 Å². The molecule has 8 heavy (non-hydrogen) atoms. The van der Waals surface area contributed by atoms with Gasteiger partial charge < -0.3 is 10.6 Å². The molecule has 0 heterocycles. The maximum absolute atomic E-state index is 6.99. The van der Waals surface area contributed by atoms with Crippen LogP contribution in [0.4, 0.5) is 0 Å². The van der Waals surface area contributed by atoms with E-state index in [2.05, 4.69) is 17.6 Å². The van der Waals surface area contributed by atoms with E-state index in [1.54, 1.807) is 7.05 Å². The van der Waals surface area contributed by atoms with Crippen molar-refractivity contribution in [3.63, 3.8) is 0 Å². The first-order valence-corrected chi connectivity index (χ1v) is 2.60. The Morgan fingerprint density at radius 2 is 2.38 bits per heavy atom. The van der Waals surface area contributed by atoms with Crippen LogP contribution in [0, 0.1) is 12.3 Å². The van der Waals surface area contributed by atoms with E-state index < -0.39 is 0 Å². The normalized spacial score (nSPS) is 8.25. The van der Waals surface area contributed by atoms with Crippen molar-refractivity contribution in [1.82, 2.24) is 10.6 Å². The van der Waals surface area contributed by atoms with E-state index in [0.717, 1.165) is 13.0 Å². The molecule has 0 unspecified atom stereocenters. The third-order valence-corrected chi connectivity index (χ3v) is 0.729. The summed E-state index contributed by atoms with van der Waals surface area (Å²) in [7, 11) is 1.71. The van der Waals surface area contributed by atoms with E-state index in [9.17, 15) is 0 Å². The van der Waals surface area contributed by atoms with Crippen LogP contribution < -0.4 is 10.6 Å². The van der Waals surface area contributed by atoms with Crippen LogP contribution in [0.3, 0.4) is 0 Å². The molecule has 3 heteroatoms. The molecule has 0 aromatic heterocycles. The zero-order valence-electron chi connectivity index (χ0n) is 5.12. The van der Waals surface area contributed by atoms with Gasteiger partial charge in [0, 0.05) is 13.6 Å². The summed E-state index contributed by atoms with van der Waals surface area (Å²) >= 11 is 0. The van der Waals surface area contributed by atoms with Gasteiger partial charge in [0.15, 0.2) is 5.96 Å². The molecule has 47 valence electrons.